The number of carbonyl (C=O) groups is 1. The van der Waals surface area contributed by atoms with Gasteiger partial charge in [0.2, 0.25) is 0 Å². The van der Waals surface area contributed by atoms with Crippen molar-refractivity contribution in [3.8, 4) is 17.5 Å². The van der Waals surface area contributed by atoms with Gasteiger partial charge in [0, 0.05) is 29.7 Å². The van der Waals surface area contributed by atoms with Gasteiger partial charge in [-0.15, -0.1) is 5.10 Å². The van der Waals surface area contributed by atoms with Gasteiger partial charge in [-0.2, -0.15) is 18.4 Å². The van der Waals surface area contributed by atoms with Gasteiger partial charge in [0.1, 0.15) is 12.4 Å². The molecule has 2 aromatic heterocycles. The second-order valence-corrected chi connectivity index (χ2v) is 6.11. The highest BCUT2D eigenvalue weighted by Gasteiger charge is 2.31. The molecule has 0 aliphatic rings. The lowest BCUT2D eigenvalue weighted by atomic mass is 10.1. The molecule has 0 fully saturated rings. The number of hydrogen-bond acceptors (Lipinski definition) is 5. The molecular formula is C19H13F3N6O. The molecule has 0 saturated heterocycles. The van der Waals surface area contributed by atoms with Crippen molar-refractivity contribution in [3.63, 3.8) is 0 Å². The molecule has 0 radical (unpaired) electrons. The fourth-order valence-electron chi connectivity index (χ4n) is 2.61. The summed E-state index contributed by atoms with van der Waals surface area (Å²) in [4.78, 5) is 19.7. The average Bonchev–Trinajstić information content (AvgIpc) is 3.13. The monoisotopic (exact) mass is 398 g/mol. The first-order chi connectivity index (χ1) is 13.7. The highest BCUT2D eigenvalue weighted by molar-refractivity contribution is 6.22. The van der Waals surface area contributed by atoms with Gasteiger partial charge in [-0.1, -0.05) is 0 Å². The normalized spacial score (nSPS) is 11.9. The summed E-state index contributed by atoms with van der Waals surface area (Å²) in [6.07, 6.45) is 0.672. The first kappa shape index (κ1) is 19.8. The van der Waals surface area contributed by atoms with E-state index in [1.807, 2.05) is 6.07 Å². The largest absolute Gasteiger partial charge is 0.416 e. The van der Waals surface area contributed by atoms with E-state index in [2.05, 4.69) is 15.1 Å². The maximum Gasteiger partial charge on any atom is 0.416 e. The number of benzene rings is 1. The third-order valence-electron chi connectivity index (χ3n) is 3.88. The minimum Gasteiger partial charge on any atom is -0.366 e. The van der Waals surface area contributed by atoms with E-state index in [0.29, 0.717) is 11.1 Å². The second-order valence-electron chi connectivity index (χ2n) is 6.11. The number of rotatable bonds is 4. The molecule has 2 N–H and O–H groups in total. The highest BCUT2D eigenvalue weighted by Crippen LogP contribution is 2.32. The van der Waals surface area contributed by atoms with Crippen LogP contribution in [0.1, 0.15) is 22.3 Å². The van der Waals surface area contributed by atoms with Crippen LogP contribution in [-0.4, -0.2) is 25.7 Å². The van der Waals surface area contributed by atoms with Crippen LogP contribution in [-0.2, 0) is 11.0 Å². The smallest absolute Gasteiger partial charge is 0.366 e. The number of halogens is 3. The van der Waals surface area contributed by atoms with E-state index in [1.54, 1.807) is 0 Å². The average molecular weight is 398 g/mol. The molecule has 0 spiro atoms. The number of pyridine rings is 1. The van der Waals surface area contributed by atoms with Gasteiger partial charge < -0.3 is 5.73 Å². The van der Waals surface area contributed by atoms with E-state index in [0.717, 1.165) is 16.8 Å². The summed E-state index contributed by atoms with van der Waals surface area (Å²) in [5.41, 5.74) is 5.71. The predicted molar refractivity (Wildman–Crippen MR) is 97.5 cm³/mol. The van der Waals surface area contributed by atoms with Crippen LogP contribution < -0.4 is 5.73 Å². The van der Waals surface area contributed by atoms with Gasteiger partial charge in [0.15, 0.2) is 5.82 Å². The molecule has 2 heterocycles. The van der Waals surface area contributed by atoms with Crippen molar-refractivity contribution in [1.82, 2.24) is 19.7 Å². The Morgan fingerprint density at radius 3 is 2.66 bits per heavy atom. The summed E-state index contributed by atoms with van der Waals surface area (Å²) in [6, 6.07) is 6.83. The zero-order chi connectivity index (χ0) is 21.2. The van der Waals surface area contributed by atoms with Crippen LogP contribution >= 0.6 is 0 Å². The number of aromatic nitrogens is 4. The zero-order valence-corrected chi connectivity index (χ0v) is 15.0. The predicted octanol–water partition coefficient (Wildman–Crippen LogP) is 3.02. The van der Waals surface area contributed by atoms with Crippen LogP contribution in [0.5, 0.6) is 0 Å². The van der Waals surface area contributed by atoms with Crippen LogP contribution in [0.2, 0.25) is 0 Å². The number of nitriles is 1. The van der Waals surface area contributed by atoms with E-state index in [1.165, 1.54) is 44.0 Å². The van der Waals surface area contributed by atoms with Crippen molar-refractivity contribution >= 4 is 17.7 Å². The summed E-state index contributed by atoms with van der Waals surface area (Å²) in [7, 11) is 0. The summed E-state index contributed by atoms with van der Waals surface area (Å²) in [5.74, 6) is -0.753. The fourth-order valence-corrected chi connectivity index (χ4v) is 2.61. The molecule has 0 aliphatic carbocycles. The van der Waals surface area contributed by atoms with Crippen molar-refractivity contribution in [2.45, 2.75) is 13.1 Å². The molecule has 3 aromatic rings. The van der Waals surface area contributed by atoms with Crippen LogP contribution in [0.3, 0.4) is 0 Å². The zero-order valence-electron chi connectivity index (χ0n) is 15.0. The summed E-state index contributed by atoms with van der Waals surface area (Å²) >= 11 is 0. The van der Waals surface area contributed by atoms with Crippen LogP contribution in [0.25, 0.3) is 23.2 Å². The van der Waals surface area contributed by atoms with Gasteiger partial charge in [0.05, 0.1) is 16.7 Å². The number of amides is 1. The van der Waals surface area contributed by atoms with Crippen LogP contribution in [0.15, 0.2) is 43.0 Å². The van der Waals surface area contributed by atoms with E-state index in [-0.39, 0.29) is 22.5 Å². The van der Waals surface area contributed by atoms with Gasteiger partial charge in [0.25, 0.3) is 5.91 Å². The Morgan fingerprint density at radius 1 is 1.24 bits per heavy atom. The first-order valence-corrected chi connectivity index (χ1v) is 8.15. The van der Waals surface area contributed by atoms with Crippen LogP contribution in [0.4, 0.5) is 13.2 Å². The first-order valence-electron chi connectivity index (χ1n) is 8.15. The number of nitrogens with two attached hydrogens (primary N) is 1. The molecule has 1 aromatic carbocycles. The third-order valence-corrected chi connectivity index (χ3v) is 3.88. The number of primary amides is 1. The number of nitrogens with zero attached hydrogens (tertiary/aromatic N) is 5. The Bertz CT molecular complexity index is 1160. The highest BCUT2D eigenvalue weighted by atomic mass is 19.4. The van der Waals surface area contributed by atoms with Crippen molar-refractivity contribution < 1.29 is 18.0 Å². The molecular weight excluding hydrogens is 385 g/mol. The molecule has 0 atom stereocenters. The van der Waals surface area contributed by atoms with Gasteiger partial charge in [-0.25, -0.2) is 9.67 Å². The Morgan fingerprint density at radius 2 is 2.00 bits per heavy atom. The topological polar surface area (TPSA) is 110 Å². The van der Waals surface area contributed by atoms with E-state index in [9.17, 15) is 18.0 Å². The summed E-state index contributed by atoms with van der Waals surface area (Å²) < 4.78 is 40.3. The molecule has 0 saturated carbocycles. The van der Waals surface area contributed by atoms with E-state index >= 15 is 0 Å². The molecule has 29 heavy (non-hydrogen) atoms. The Kier molecular flexibility index (Phi) is 5.14. The third kappa shape index (κ3) is 4.47. The number of aryl methyl sites for hydroxylation is 1. The van der Waals surface area contributed by atoms with Gasteiger partial charge >= 0.3 is 6.18 Å². The van der Waals surface area contributed by atoms with Gasteiger partial charge in [-0.3, -0.25) is 9.78 Å². The van der Waals surface area contributed by atoms with Crippen molar-refractivity contribution in [1.29, 1.82) is 5.26 Å². The Balaban J connectivity index is 2.02. The van der Waals surface area contributed by atoms with Crippen molar-refractivity contribution in [3.05, 3.63) is 65.2 Å². The molecule has 146 valence electrons. The molecule has 7 nitrogen and oxygen atoms in total. The van der Waals surface area contributed by atoms with E-state index < -0.39 is 17.6 Å². The van der Waals surface area contributed by atoms with Crippen molar-refractivity contribution in [2.24, 2.45) is 5.73 Å². The molecule has 0 unspecified atom stereocenters. The minimum absolute atomic E-state index is 0.00581. The molecule has 1 amide bonds. The standard InChI is InChI=1S/C19H13F3N6O/c1-11-2-13(5-15(3-11)19(20,21)22)18-26-10-28(27-18)9-16(17(24)29)14-4-12(6-23)7-25-8-14/h2-5,7-10H,1H3,(H2,24,29)/b16-9+. The molecule has 0 aliphatic heterocycles. The maximum atomic E-state index is 13.0. The number of alkyl halides is 3. The second kappa shape index (κ2) is 7.55. The van der Waals surface area contributed by atoms with Crippen LogP contribution in [0, 0.1) is 18.3 Å². The van der Waals surface area contributed by atoms with E-state index in [4.69, 9.17) is 11.0 Å². The summed E-state index contributed by atoms with van der Waals surface area (Å²) in [5, 5.41) is 13.1. The Labute approximate surface area is 162 Å². The lowest BCUT2D eigenvalue weighted by Crippen LogP contribution is -2.14. The minimum atomic E-state index is -4.50. The molecule has 3 rings (SSSR count). The quantitative estimate of drug-likeness (QED) is 0.679. The maximum absolute atomic E-state index is 13.0. The fraction of sp³-hybridized carbons (Fsp3) is 0.105. The summed E-state index contributed by atoms with van der Waals surface area (Å²) in [6.45, 7) is 1.54. The Hall–Kier alpha value is -4.00. The number of hydrogen-bond donors (Lipinski definition) is 1. The van der Waals surface area contributed by atoms with Crippen molar-refractivity contribution in [2.75, 3.05) is 0 Å². The lowest BCUT2D eigenvalue weighted by Gasteiger charge is -2.09. The number of carbonyl (C=O) groups excluding carboxylic acids is 1. The lowest BCUT2D eigenvalue weighted by molar-refractivity contribution is -0.137. The molecule has 10 heteroatoms. The molecule has 0 bridgehead atoms. The SMILES string of the molecule is Cc1cc(-c2ncn(/C=C(/C(N)=O)c3cncc(C#N)c3)n2)cc(C(F)(F)F)c1. The van der Waals surface area contributed by atoms with Gasteiger partial charge in [-0.05, 0) is 36.8 Å².